The van der Waals surface area contributed by atoms with Crippen molar-refractivity contribution >= 4 is 6.03 Å². The zero-order valence-electron chi connectivity index (χ0n) is 17.7. The summed E-state index contributed by atoms with van der Waals surface area (Å²) in [5.74, 6) is 3.20. The van der Waals surface area contributed by atoms with Crippen LogP contribution in [0.2, 0.25) is 0 Å². The van der Waals surface area contributed by atoms with Crippen LogP contribution < -0.4 is 5.32 Å². The van der Waals surface area contributed by atoms with E-state index < -0.39 is 0 Å². The monoisotopic (exact) mass is 424 g/mol. The van der Waals surface area contributed by atoms with Gasteiger partial charge in [0, 0.05) is 24.2 Å². The van der Waals surface area contributed by atoms with Gasteiger partial charge in [0.25, 0.3) is 0 Å². The summed E-state index contributed by atoms with van der Waals surface area (Å²) in [6, 6.07) is 6.15. The van der Waals surface area contributed by atoms with E-state index in [1.807, 2.05) is 4.90 Å². The number of amides is 2. The highest BCUT2D eigenvalue weighted by atomic mass is 19.1. The van der Waals surface area contributed by atoms with E-state index in [-0.39, 0.29) is 23.3 Å². The van der Waals surface area contributed by atoms with Crippen LogP contribution in [0.1, 0.15) is 63.2 Å². The largest absolute Gasteiger partial charge is 0.339 e. The SMILES string of the molecule is O=C(NC12CC3CC(CC(C3)C1)C2)N1CCC[C@H](c2nc(-c3ccc(F)cc3)no2)C1. The van der Waals surface area contributed by atoms with Gasteiger partial charge in [0.2, 0.25) is 11.7 Å². The van der Waals surface area contributed by atoms with Gasteiger partial charge in [-0.05, 0) is 93.4 Å². The molecule has 164 valence electrons. The lowest BCUT2D eigenvalue weighted by Gasteiger charge is -2.57. The van der Waals surface area contributed by atoms with E-state index in [2.05, 4.69) is 15.5 Å². The normalized spacial score (nSPS) is 34.2. The molecule has 1 N–H and O–H groups in total. The fraction of sp³-hybridized carbons (Fsp3) is 0.625. The zero-order valence-corrected chi connectivity index (χ0v) is 17.7. The molecule has 1 aliphatic heterocycles. The van der Waals surface area contributed by atoms with Crippen LogP contribution in [0.5, 0.6) is 0 Å². The minimum atomic E-state index is -0.291. The molecule has 4 bridgehead atoms. The number of hydrogen-bond acceptors (Lipinski definition) is 4. The quantitative estimate of drug-likeness (QED) is 0.773. The molecule has 6 nitrogen and oxygen atoms in total. The van der Waals surface area contributed by atoms with Crippen molar-refractivity contribution < 1.29 is 13.7 Å². The topological polar surface area (TPSA) is 71.3 Å². The number of nitrogens with one attached hydrogen (secondary N) is 1. The molecule has 4 aliphatic carbocycles. The smallest absolute Gasteiger partial charge is 0.317 e. The van der Waals surface area contributed by atoms with E-state index in [0.29, 0.717) is 18.3 Å². The molecule has 0 unspecified atom stereocenters. The van der Waals surface area contributed by atoms with Crippen LogP contribution in [0.4, 0.5) is 9.18 Å². The van der Waals surface area contributed by atoms with Crippen molar-refractivity contribution in [1.29, 1.82) is 0 Å². The molecule has 31 heavy (non-hydrogen) atoms. The lowest BCUT2D eigenvalue weighted by atomic mass is 9.53. The number of rotatable bonds is 3. The van der Waals surface area contributed by atoms with Gasteiger partial charge in [-0.15, -0.1) is 0 Å². The molecule has 2 amide bonds. The van der Waals surface area contributed by atoms with Crippen molar-refractivity contribution in [2.75, 3.05) is 13.1 Å². The molecule has 1 saturated heterocycles. The van der Waals surface area contributed by atoms with Gasteiger partial charge in [-0.2, -0.15) is 4.98 Å². The number of nitrogens with zero attached hydrogens (tertiary/aromatic N) is 3. The Bertz CT molecular complexity index is 937. The Labute approximate surface area is 181 Å². The minimum Gasteiger partial charge on any atom is -0.339 e. The maximum atomic E-state index is 13.2. The predicted octanol–water partition coefficient (Wildman–Crippen LogP) is 4.73. The van der Waals surface area contributed by atoms with Gasteiger partial charge in [0.05, 0.1) is 5.92 Å². The van der Waals surface area contributed by atoms with E-state index in [1.54, 1.807) is 12.1 Å². The van der Waals surface area contributed by atoms with Crippen LogP contribution in [0.25, 0.3) is 11.4 Å². The van der Waals surface area contributed by atoms with Gasteiger partial charge in [0.1, 0.15) is 5.82 Å². The number of hydrogen-bond donors (Lipinski definition) is 1. The van der Waals surface area contributed by atoms with Crippen molar-refractivity contribution in [2.45, 2.75) is 62.8 Å². The van der Waals surface area contributed by atoms with Gasteiger partial charge in [-0.1, -0.05) is 5.16 Å². The van der Waals surface area contributed by atoms with E-state index in [9.17, 15) is 9.18 Å². The highest BCUT2D eigenvalue weighted by Crippen LogP contribution is 2.55. The molecule has 2 aromatic rings. The standard InChI is InChI=1S/C24H29FN4O2/c25-20-5-3-18(4-6-20)21-26-22(31-28-21)19-2-1-7-29(14-19)23(30)27-24-11-15-8-16(12-24)10-17(9-15)13-24/h3-6,15-17,19H,1-2,7-14H2,(H,27,30)/t15?,16?,17?,19-,24?/m0/s1. The van der Waals surface area contributed by atoms with Crippen molar-refractivity contribution in [3.05, 3.63) is 36.0 Å². The number of piperidine rings is 1. The molecule has 1 aromatic carbocycles. The van der Waals surface area contributed by atoms with Crippen molar-refractivity contribution in [3.8, 4) is 11.4 Å². The number of aromatic nitrogens is 2. The second-order valence-corrected chi connectivity index (χ2v) is 10.4. The Morgan fingerprint density at radius 1 is 1.10 bits per heavy atom. The second kappa shape index (κ2) is 7.31. The second-order valence-electron chi connectivity index (χ2n) is 10.4. The lowest BCUT2D eigenvalue weighted by Crippen LogP contribution is -2.62. The summed E-state index contributed by atoms with van der Waals surface area (Å²) < 4.78 is 18.7. The Morgan fingerprint density at radius 2 is 1.77 bits per heavy atom. The van der Waals surface area contributed by atoms with Crippen molar-refractivity contribution in [2.24, 2.45) is 17.8 Å². The number of carbonyl (C=O) groups is 1. The third-order valence-electron chi connectivity index (χ3n) is 8.01. The van der Waals surface area contributed by atoms with E-state index in [0.717, 1.165) is 62.0 Å². The molecule has 1 aromatic heterocycles. The predicted molar refractivity (Wildman–Crippen MR) is 113 cm³/mol. The van der Waals surface area contributed by atoms with Crippen LogP contribution in [-0.4, -0.2) is 39.7 Å². The fourth-order valence-corrected chi connectivity index (χ4v) is 7.05. The van der Waals surface area contributed by atoms with Gasteiger partial charge < -0.3 is 14.7 Å². The first-order valence-electron chi connectivity index (χ1n) is 11.7. The van der Waals surface area contributed by atoms with Crippen LogP contribution in [0.15, 0.2) is 28.8 Å². The summed E-state index contributed by atoms with van der Waals surface area (Å²) in [4.78, 5) is 19.7. The third-order valence-corrected chi connectivity index (χ3v) is 8.01. The number of halogens is 1. The molecule has 0 radical (unpaired) electrons. The van der Waals surface area contributed by atoms with Gasteiger partial charge in [0.15, 0.2) is 0 Å². The van der Waals surface area contributed by atoms with E-state index in [1.165, 1.54) is 31.4 Å². The summed E-state index contributed by atoms with van der Waals surface area (Å²) in [5, 5.41) is 7.57. The Balaban J connectivity index is 1.13. The molecule has 7 rings (SSSR count). The first-order chi connectivity index (χ1) is 15.1. The summed E-state index contributed by atoms with van der Waals surface area (Å²) in [5.41, 5.74) is 0.752. The van der Waals surface area contributed by atoms with Crippen LogP contribution in [0.3, 0.4) is 0 Å². The van der Waals surface area contributed by atoms with Crippen molar-refractivity contribution in [1.82, 2.24) is 20.4 Å². The maximum absolute atomic E-state index is 13.2. The van der Waals surface area contributed by atoms with Crippen molar-refractivity contribution in [3.63, 3.8) is 0 Å². The molecular weight excluding hydrogens is 395 g/mol. The maximum Gasteiger partial charge on any atom is 0.317 e. The number of carbonyl (C=O) groups excluding carboxylic acids is 1. The molecule has 5 aliphatic rings. The minimum absolute atomic E-state index is 0.0268. The Hall–Kier alpha value is -2.44. The number of benzene rings is 1. The average molecular weight is 425 g/mol. The summed E-state index contributed by atoms with van der Waals surface area (Å²) in [6.45, 7) is 1.37. The van der Waals surface area contributed by atoms with Crippen LogP contribution in [0, 0.1) is 23.6 Å². The molecule has 1 atom stereocenters. The fourth-order valence-electron chi connectivity index (χ4n) is 7.05. The van der Waals surface area contributed by atoms with Gasteiger partial charge in [-0.3, -0.25) is 0 Å². The average Bonchev–Trinajstić information content (AvgIpc) is 3.23. The Kier molecular flexibility index (Phi) is 4.54. The highest BCUT2D eigenvalue weighted by Gasteiger charge is 2.52. The molecule has 7 heteroatoms. The van der Waals surface area contributed by atoms with E-state index >= 15 is 0 Å². The van der Waals surface area contributed by atoms with Crippen LogP contribution in [-0.2, 0) is 0 Å². The summed E-state index contributed by atoms with van der Waals surface area (Å²) in [7, 11) is 0. The van der Waals surface area contributed by atoms with Gasteiger partial charge in [-0.25, -0.2) is 9.18 Å². The lowest BCUT2D eigenvalue weighted by molar-refractivity contribution is -0.0161. The Morgan fingerprint density at radius 3 is 2.45 bits per heavy atom. The zero-order chi connectivity index (χ0) is 21.0. The first kappa shape index (κ1) is 19.3. The number of urea groups is 1. The van der Waals surface area contributed by atoms with E-state index in [4.69, 9.17) is 4.52 Å². The summed E-state index contributed by atoms with van der Waals surface area (Å²) in [6.07, 6.45) is 9.43. The summed E-state index contributed by atoms with van der Waals surface area (Å²) >= 11 is 0. The highest BCUT2D eigenvalue weighted by molar-refractivity contribution is 5.75. The third kappa shape index (κ3) is 3.62. The molecular formula is C24H29FN4O2. The molecule has 5 fully saturated rings. The molecule has 2 heterocycles. The number of likely N-dealkylation sites (tertiary alicyclic amines) is 1. The van der Waals surface area contributed by atoms with Crippen LogP contribution >= 0.6 is 0 Å². The molecule has 4 saturated carbocycles. The first-order valence-corrected chi connectivity index (χ1v) is 11.7. The van der Waals surface area contributed by atoms with Gasteiger partial charge >= 0.3 is 6.03 Å². The molecule has 0 spiro atoms.